The maximum atomic E-state index is 10.5. The van der Waals surface area contributed by atoms with Crippen LogP contribution < -0.4 is 9.47 Å². The lowest BCUT2D eigenvalue weighted by Crippen LogP contribution is -2.24. The lowest BCUT2D eigenvalue weighted by atomic mass is 9.88. The van der Waals surface area contributed by atoms with Crippen LogP contribution in [-0.2, 0) is 5.60 Å². The summed E-state index contributed by atoms with van der Waals surface area (Å²) >= 11 is 0. The molecule has 0 heterocycles. The van der Waals surface area contributed by atoms with Gasteiger partial charge in [-0.2, -0.15) is 0 Å². The average molecular weight is 224 g/mol. The van der Waals surface area contributed by atoms with E-state index in [1.807, 2.05) is 26.0 Å². The molecule has 90 valence electrons. The van der Waals surface area contributed by atoms with Crippen LogP contribution >= 0.6 is 0 Å². The number of benzene rings is 1. The number of methoxy groups -OCH3 is 2. The van der Waals surface area contributed by atoms with E-state index in [0.29, 0.717) is 18.6 Å². The predicted octanol–water partition coefficient (Wildman–Crippen LogP) is 2.71. The van der Waals surface area contributed by atoms with Gasteiger partial charge in [-0.25, -0.2) is 0 Å². The molecule has 0 spiro atoms. The molecule has 3 heteroatoms. The molecule has 1 aromatic carbocycles. The summed E-state index contributed by atoms with van der Waals surface area (Å²) in [5.41, 5.74) is -0.00163. The van der Waals surface area contributed by atoms with E-state index >= 15 is 0 Å². The zero-order valence-corrected chi connectivity index (χ0v) is 10.4. The summed E-state index contributed by atoms with van der Waals surface area (Å²) in [6.45, 7) is 3.93. The molecule has 0 aromatic heterocycles. The molecular weight excluding hydrogens is 204 g/mol. The molecular formula is C13H20O3. The van der Waals surface area contributed by atoms with Crippen LogP contribution in [0.3, 0.4) is 0 Å². The summed E-state index contributed by atoms with van der Waals surface area (Å²) in [6.07, 6.45) is 1.32. The van der Waals surface area contributed by atoms with Crippen molar-refractivity contribution in [2.45, 2.75) is 32.3 Å². The highest BCUT2D eigenvalue weighted by atomic mass is 16.5. The Labute approximate surface area is 97.0 Å². The first-order valence-corrected chi connectivity index (χ1v) is 5.56. The quantitative estimate of drug-likeness (QED) is 0.835. The molecule has 0 amide bonds. The van der Waals surface area contributed by atoms with Crippen LogP contribution in [0.4, 0.5) is 0 Å². The van der Waals surface area contributed by atoms with Crippen molar-refractivity contribution in [1.29, 1.82) is 0 Å². The molecule has 1 N–H and O–H groups in total. The second-order valence-corrected chi connectivity index (χ2v) is 3.80. The molecule has 0 saturated heterocycles. The minimum Gasteiger partial charge on any atom is -0.497 e. The van der Waals surface area contributed by atoms with E-state index < -0.39 is 5.60 Å². The lowest BCUT2D eigenvalue weighted by molar-refractivity contribution is 0.0260. The van der Waals surface area contributed by atoms with Crippen LogP contribution in [0.25, 0.3) is 0 Å². The average Bonchev–Trinajstić information content (AvgIpc) is 2.37. The summed E-state index contributed by atoms with van der Waals surface area (Å²) in [5.74, 6) is 1.40. The Morgan fingerprint density at radius 3 is 2.19 bits per heavy atom. The summed E-state index contributed by atoms with van der Waals surface area (Å²) in [5, 5.41) is 10.5. The molecule has 0 fully saturated rings. The van der Waals surface area contributed by atoms with E-state index in [4.69, 9.17) is 9.47 Å². The third-order valence-corrected chi connectivity index (χ3v) is 3.08. The Balaban J connectivity index is 3.22. The summed E-state index contributed by atoms with van der Waals surface area (Å²) in [4.78, 5) is 0. The summed E-state index contributed by atoms with van der Waals surface area (Å²) in [7, 11) is 3.21. The third-order valence-electron chi connectivity index (χ3n) is 3.08. The van der Waals surface area contributed by atoms with Gasteiger partial charge in [0.2, 0.25) is 0 Å². The molecule has 0 atom stereocenters. The molecule has 16 heavy (non-hydrogen) atoms. The van der Waals surface area contributed by atoms with Gasteiger partial charge in [-0.05, 0) is 25.0 Å². The van der Waals surface area contributed by atoms with E-state index in [2.05, 4.69) is 0 Å². The van der Waals surface area contributed by atoms with E-state index in [1.54, 1.807) is 20.3 Å². The normalized spacial score (nSPS) is 11.3. The summed E-state index contributed by atoms with van der Waals surface area (Å²) < 4.78 is 10.4. The van der Waals surface area contributed by atoms with Crippen molar-refractivity contribution in [1.82, 2.24) is 0 Å². The van der Waals surface area contributed by atoms with Crippen LogP contribution in [0, 0.1) is 0 Å². The van der Waals surface area contributed by atoms with Gasteiger partial charge in [0.1, 0.15) is 11.5 Å². The van der Waals surface area contributed by atoms with E-state index in [0.717, 1.165) is 11.3 Å². The Hall–Kier alpha value is -1.22. The Morgan fingerprint density at radius 1 is 1.12 bits per heavy atom. The SMILES string of the molecule is CCC(O)(CC)c1ccc(OC)cc1OC. The molecule has 0 aliphatic heterocycles. The molecule has 0 saturated carbocycles. The minimum absolute atomic E-state index is 0.659. The minimum atomic E-state index is -0.822. The second-order valence-electron chi connectivity index (χ2n) is 3.80. The number of ether oxygens (including phenoxy) is 2. The fraction of sp³-hybridized carbons (Fsp3) is 0.538. The van der Waals surface area contributed by atoms with Gasteiger partial charge in [0.15, 0.2) is 0 Å². The van der Waals surface area contributed by atoms with Crippen molar-refractivity contribution in [2.75, 3.05) is 14.2 Å². The van der Waals surface area contributed by atoms with Gasteiger partial charge in [0.05, 0.1) is 19.8 Å². The molecule has 1 aromatic rings. The third kappa shape index (κ3) is 2.30. The Bertz CT molecular complexity index is 343. The van der Waals surface area contributed by atoms with Gasteiger partial charge in [-0.3, -0.25) is 0 Å². The predicted molar refractivity (Wildman–Crippen MR) is 64.0 cm³/mol. The monoisotopic (exact) mass is 224 g/mol. The maximum absolute atomic E-state index is 10.5. The molecule has 0 aliphatic rings. The van der Waals surface area contributed by atoms with Crippen LogP contribution in [-0.4, -0.2) is 19.3 Å². The number of hydrogen-bond donors (Lipinski definition) is 1. The van der Waals surface area contributed by atoms with E-state index in [-0.39, 0.29) is 0 Å². The molecule has 1 rings (SSSR count). The summed E-state index contributed by atoms with van der Waals surface area (Å²) in [6, 6.07) is 5.50. The molecule has 0 bridgehead atoms. The van der Waals surface area contributed by atoms with Crippen molar-refractivity contribution >= 4 is 0 Å². The molecule has 0 aliphatic carbocycles. The lowest BCUT2D eigenvalue weighted by Gasteiger charge is -2.27. The first-order valence-electron chi connectivity index (χ1n) is 5.56. The van der Waals surface area contributed by atoms with Crippen molar-refractivity contribution in [3.8, 4) is 11.5 Å². The Morgan fingerprint density at radius 2 is 1.75 bits per heavy atom. The fourth-order valence-corrected chi connectivity index (χ4v) is 1.81. The first kappa shape index (κ1) is 12.8. The van der Waals surface area contributed by atoms with E-state index in [9.17, 15) is 5.11 Å². The van der Waals surface area contributed by atoms with E-state index in [1.165, 1.54) is 0 Å². The van der Waals surface area contributed by atoms with Gasteiger partial charge >= 0.3 is 0 Å². The molecule has 0 unspecified atom stereocenters. The van der Waals surface area contributed by atoms with Crippen LogP contribution in [0.5, 0.6) is 11.5 Å². The highest BCUT2D eigenvalue weighted by Gasteiger charge is 2.28. The van der Waals surface area contributed by atoms with Gasteiger partial charge in [-0.1, -0.05) is 13.8 Å². The van der Waals surface area contributed by atoms with Gasteiger partial charge in [-0.15, -0.1) is 0 Å². The second kappa shape index (κ2) is 5.21. The standard InChI is InChI=1S/C13H20O3/c1-5-13(14,6-2)11-8-7-10(15-3)9-12(11)16-4/h7-9,14H,5-6H2,1-4H3. The fourth-order valence-electron chi connectivity index (χ4n) is 1.81. The first-order chi connectivity index (χ1) is 7.61. The number of rotatable bonds is 5. The largest absolute Gasteiger partial charge is 0.497 e. The van der Waals surface area contributed by atoms with Crippen LogP contribution in [0.2, 0.25) is 0 Å². The van der Waals surface area contributed by atoms with Crippen LogP contribution in [0.1, 0.15) is 32.3 Å². The highest BCUT2D eigenvalue weighted by Crippen LogP contribution is 2.37. The zero-order chi connectivity index (χ0) is 12.2. The van der Waals surface area contributed by atoms with Crippen molar-refractivity contribution in [2.24, 2.45) is 0 Å². The van der Waals surface area contributed by atoms with Gasteiger partial charge < -0.3 is 14.6 Å². The van der Waals surface area contributed by atoms with Crippen LogP contribution in [0.15, 0.2) is 18.2 Å². The number of hydrogen-bond acceptors (Lipinski definition) is 3. The smallest absolute Gasteiger partial charge is 0.128 e. The van der Waals surface area contributed by atoms with Gasteiger partial charge in [0.25, 0.3) is 0 Å². The Kier molecular flexibility index (Phi) is 4.19. The highest BCUT2D eigenvalue weighted by molar-refractivity contribution is 5.43. The molecule has 3 nitrogen and oxygen atoms in total. The van der Waals surface area contributed by atoms with Crippen molar-refractivity contribution in [3.05, 3.63) is 23.8 Å². The zero-order valence-electron chi connectivity index (χ0n) is 10.4. The van der Waals surface area contributed by atoms with Gasteiger partial charge in [0, 0.05) is 11.6 Å². The molecule has 0 radical (unpaired) electrons. The maximum Gasteiger partial charge on any atom is 0.128 e. The topological polar surface area (TPSA) is 38.7 Å². The van der Waals surface area contributed by atoms with Crippen molar-refractivity contribution < 1.29 is 14.6 Å². The van der Waals surface area contributed by atoms with Crippen molar-refractivity contribution in [3.63, 3.8) is 0 Å². The number of aliphatic hydroxyl groups is 1.